The second kappa shape index (κ2) is 4.59. The molecule has 3 nitrogen and oxygen atoms in total. The molecule has 0 spiro atoms. The number of nitrogens with one attached hydrogen (secondary N) is 1. The van der Waals surface area contributed by atoms with Gasteiger partial charge in [-0.05, 0) is 67.6 Å². The van der Waals surface area contributed by atoms with Crippen LogP contribution in [0.2, 0.25) is 0 Å². The number of allylic oxidation sites excluding steroid dienone is 1. The summed E-state index contributed by atoms with van der Waals surface area (Å²) in [5.74, 6) is 1.34. The van der Waals surface area contributed by atoms with E-state index in [0.717, 1.165) is 19.3 Å². The van der Waals surface area contributed by atoms with Crippen molar-refractivity contribution in [1.82, 2.24) is 5.32 Å². The summed E-state index contributed by atoms with van der Waals surface area (Å²) < 4.78 is 0. The molecule has 0 aromatic carbocycles. The van der Waals surface area contributed by atoms with E-state index in [0.29, 0.717) is 24.3 Å². The van der Waals surface area contributed by atoms with Crippen LogP contribution >= 0.6 is 0 Å². The molecule has 0 aromatic heterocycles. The number of carbonyl (C=O) groups excluding carboxylic acids is 1. The molecule has 1 aliphatic heterocycles. The Morgan fingerprint density at radius 1 is 1.18 bits per heavy atom. The van der Waals surface area contributed by atoms with Crippen LogP contribution in [0.3, 0.4) is 0 Å². The van der Waals surface area contributed by atoms with Crippen molar-refractivity contribution in [3.05, 3.63) is 12.2 Å². The zero-order valence-electron chi connectivity index (χ0n) is 13.9. The topological polar surface area (TPSA) is 49.3 Å². The molecule has 4 fully saturated rings. The van der Waals surface area contributed by atoms with Gasteiger partial charge in [-0.15, -0.1) is 0 Å². The maximum Gasteiger partial charge on any atom is 0.224 e. The molecule has 1 saturated heterocycles. The standard InChI is InChI=1S/C19H29NO2/c1-11-4-5-13-16-14(7-9-18(11,13)2)19(3)8-6-12(21)10-15(19)17(22)20-16/h12-16,21H,1,4-10H2,2-3H3,(H,20,22)/t12-,13-,14-,15+,16-,18+,19+/m0/s1. The quantitative estimate of drug-likeness (QED) is 0.676. The number of hydrogen-bond acceptors (Lipinski definition) is 2. The lowest BCUT2D eigenvalue weighted by molar-refractivity contribution is -0.154. The zero-order chi connectivity index (χ0) is 15.7. The van der Waals surface area contributed by atoms with Crippen molar-refractivity contribution in [2.75, 3.05) is 0 Å². The first kappa shape index (κ1) is 14.7. The van der Waals surface area contributed by atoms with Crippen molar-refractivity contribution in [3.8, 4) is 0 Å². The predicted octanol–water partition coefficient (Wildman–Crippen LogP) is 3.03. The van der Waals surface area contributed by atoms with E-state index >= 15 is 0 Å². The molecule has 3 aliphatic carbocycles. The number of fused-ring (bicyclic) bond motifs is 5. The lowest BCUT2D eigenvalue weighted by Crippen LogP contribution is -2.66. The van der Waals surface area contributed by atoms with Crippen LogP contribution in [0.5, 0.6) is 0 Å². The van der Waals surface area contributed by atoms with Crippen molar-refractivity contribution in [1.29, 1.82) is 0 Å². The number of hydrogen-bond donors (Lipinski definition) is 2. The van der Waals surface area contributed by atoms with Gasteiger partial charge in [0.1, 0.15) is 0 Å². The number of amides is 1. The van der Waals surface area contributed by atoms with Crippen LogP contribution in [0.15, 0.2) is 12.2 Å². The lowest BCUT2D eigenvalue weighted by Gasteiger charge is -2.59. The van der Waals surface area contributed by atoms with E-state index in [4.69, 9.17) is 0 Å². The Kier molecular flexibility index (Phi) is 3.08. The molecule has 4 rings (SSSR count). The van der Waals surface area contributed by atoms with E-state index in [1.54, 1.807) is 0 Å². The highest BCUT2D eigenvalue weighted by Crippen LogP contribution is 2.62. The second-order valence-corrected chi connectivity index (χ2v) is 8.83. The summed E-state index contributed by atoms with van der Waals surface area (Å²) in [4.78, 5) is 12.8. The Morgan fingerprint density at radius 3 is 2.73 bits per heavy atom. The second-order valence-electron chi connectivity index (χ2n) is 8.83. The maximum absolute atomic E-state index is 12.8. The van der Waals surface area contributed by atoms with Crippen LogP contribution in [0.25, 0.3) is 0 Å². The first-order valence-corrected chi connectivity index (χ1v) is 9.03. The fourth-order valence-electron chi connectivity index (χ4n) is 6.42. The summed E-state index contributed by atoms with van der Waals surface area (Å²) >= 11 is 0. The third-order valence-electron chi connectivity index (χ3n) is 8.02. The normalized spacial score (nSPS) is 54.2. The summed E-state index contributed by atoms with van der Waals surface area (Å²) in [6, 6.07) is 0.321. The average Bonchev–Trinajstić information content (AvgIpc) is 2.77. The predicted molar refractivity (Wildman–Crippen MR) is 86.1 cm³/mol. The summed E-state index contributed by atoms with van der Waals surface area (Å²) in [6.45, 7) is 9.03. The number of carbonyl (C=O) groups is 1. The highest BCUT2D eigenvalue weighted by molar-refractivity contribution is 5.81. The molecular weight excluding hydrogens is 274 g/mol. The van der Waals surface area contributed by atoms with E-state index in [2.05, 4.69) is 25.7 Å². The summed E-state index contributed by atoms with van der Waals surface area (Å²) in [5.41, 5.74) is 1.71. The van der Waals surface area contributed by atoms with Gasteiger partial charge < -0.3 is 10.4 Å². The summed E-state index contributed by atoms with van der Waals surface area (Å²) in [5, 5.41) is 13.4. The number of aliphatic hydroxyl groups is 1. The third kappa shape index (κ3) is 1.75. The van der Waals surface area contributed by atoms with Gasteiger partial charge in [0.2, 0.25) is 5.91 Å². The first-order valence-electron chi connectivity index (χ1n) is 9.03. The molecule has 1 amide bonds. The molecule has 0 bridgehead atoms. The van der Waals surface area contributed by atoms with E-state index in [-0.39, 0.29) is 28.8 Å². The maximum atomic E-state index is 12.8. The van der Waals surface area contributed by atoms with Gasteiger partial charge in [-0.2, -0.15) is 0 Å². The van der Waals surface area contributed by atoms with Crippen LogP contribution in [0, 0.1) is 28.6 Å². The lowest BCUT2D eigenvalue weighted by atomic mass is 9.49. The van der Waals surface area contributed by atoms with Crippen LogP contribution < -0.4 is 5.32 Å². The molecule has 0 unspecified atom stereocenters. The highest BCUT2D eigenvalue weighted by Gasteiger charge is 2.61. The molecule has 4 aliphatic rings. The van der Waals surface area contributed by atoms with Crippen LogP contribution in [-0.4, -0.2) is 23.2 Å². The molecule has 3 heteroatoms. The fraction of sp³-hybridized carbons (Fsp3) is 0.842. The van der Waals surface area contributed by atoms with Gasteiger partial charge in [-0.1, -0.05) is 26.0 Å². The molecule has 7 atom stereocenters. The number of rotatable bonds is 0. The minimum atomic E-state index is -0.291. The van der Waals surface area contributed by atoms with E-state index in [9.17, 15) is 9.90 Å². The van der Waals surface area contributed by atoms with Crippen molar-refractivity contribution in [2.45, 2.75) is 70.9 Å². The Balaban J connectivity index is 1.69. The van der Waals surface area contributed by atoms with Crippen LogP contribution in [-0.2, 0) is 4.79 Å². The van der Waals surface area contributed by atoms with Crippen molar-refractivity contribution >= 4 is 5.91 Å². The van der Waals surface area contributed by atoms with Gasteiger partial charge >= 0.3 is 0 Å². The minimum absolute atomic E-state index is 0.00598. The Bertz CT molecular complexity index is 530. The summed E-state index contributed by atoms with van der Waals surface area (Å²) in [7, 11) is 0. The molecule has 22 heavy (non-hydrogen) atoms. The van der Waals surface area contributed by atoms with Crippen molar-refractivity contribution in [3.63, 3.8) is 0 Å². The Labute approximate surface area is 133 Å². The van der Waals surface area contributed by atoms with Gasteiger partial charge in [0.05, 0.1) is 6.10 Å². The van der Waals surface area contributed by atoms with E-state index in [1.807, 2.05) is 0 Å². The minimum Gasteiger partial charge on any atom is -0.393 e. The third-order valence-corrected chi connectivity index (χ3v) is 8.02. The van der Waals surface area contributed by atoms with Crippen LogP contribution in [0.1, 0.15) is 58.8 Å². The molecule has 3 saturated carbocycles. The summed E-state index contributed by atoms with van der Waals surface area (Å²) in [6.07, 6.45) is 6.94. The van der Waals surface area contributed by atoms with E-state index in [1.165, 1.54) is 24.8 Å². The van der Waals surface area contributed by atoms with Gasteiger partial charge in [0, 0.05) is 12.0 Å². The highest BCUT2D eigenvalue weighted by atomic mass is 16.3. The SMILES string of the molecule is C=C1CC[C@H]2[C@@H]3NC(=O)[C@H]4C[C@@H](O)CC[C@]4(C)[C@H]3CC[C@]12C. The largest absolute Gasteiger partial charge is 0.393 e. The Hall–Kier alpha value is -0.830. The van der Waals surface area contributed by atoms with Crippen molar-refractivity contribution in [2.24, 2.45) is 28.6 Å². The van der Waals surface area contributed by atoms with Gasteiger partial charge in [-0.3, -0.25) is 4.79 Å². The molecule has 2 N–H and O–H groups in total. The van der Waals surface area contributed by atoms with Crippen LogP contribution in [0.4, 0.5) is 0 Å². The van der Waals surface area contributed by atoms with E-state index < -0.39 is 0 Å². The first-order chi connectivity index (χ1) is 10.4. The number of piperidine rings is 1. The monoisotopic (exact) mass is 303 g/mol. The molecule has 0 radical (unpaired) electrons. The van der Waals surface area contributed by atoms with Crippen molar-refractivity contribution < 1.29 is 9.90 Å². The van der Waals surface area contributed by atoms with Gasteiger partial charge in [-0.25, -0.2) is 0 Å². The van der Waals surface area contributed by atoms with Gasteiger partial charge in [0.15, 0.2) is 0 Å². The number of aliphatic hydroxyl groups excluding tert-OH is 1. The molecule has 122 valence electrons. The molecular formula is C19H29NO2. The Morgan fingerprint density at radius 2 is 1.95 bits per heavy atom. The molecule has 0 aromatic rings. The zero-order valence-corrected chi connectivity index (χ0v) is 13.9. The smallest absolute Gasteiger partial charge is 0.224 e. The fourth-order valence-corrected chi connectivity index (χ4v) is 6.42. The van der Waals surface area contributed by atoms with Gasteiger partial charge in [0.25, 0.3) is 0 Å². The molecule has 1 heterocycles. The average molecular weight is 303 g/mol.